The third-order valence-corrected chi connectivity index (χ3v) is 2.38. The van der Waals surface area contributed by atoms with Gasteiger partial charge in [-0.05, 0) is 24.6 Å². The van der Waals surface area contributed by atoms with E-state index >= 15 is 0 Å². The molecule has 0 aliphatic rings. The van der Waals surface area contributed by atoms with Crippen LogP contribution >= 0.6 is 0 Å². The Labute approximate surface area is 112 Å². The molecule has 5 nitrogen and oxygen atoms in total. The second kappa shape index (κ2) is 7.20. The monoisotopic (exact) mass is 263 g/mol. The number of methoxy groups -OCH3 is 1. The maximum atomic E-state index is 11.3. The maximum absolute atomic E-state index is 11.3. The van der Waals surface area contributed by atoms with E-state index in [0.717, 1.165) is 5.56 Å². The molecule has 0 bridgehead atoms. The number of carbonyl (C=O) groups excluding carboxylic acids is 2. The topological polar surface area (TPSA) is 78.6 Å². The van der Waals surface area contributed by atoms with E-state index in [9.17, 15) is 9.59 Å². The van der Waals surface area contributed by atoms with Crippen LogP contribution in [0.4, 0.5) is 5.69 Å². The van der Waals surface area contributed by atoms with Gasteiger partial charge in [-0.15, -0.1) is 0 Å². The zero-order valence-corrected chi connectivity index (χ0v) is 11.0. The van der Waals surface area contributed by atoms with Crippen LogP contribution in [0.3, 0.4) is 0 Å². The molecule has 0 aliphatic carbocycles. The Hall–Kier alpha value is -2.30. The first-order valence-electron chi connectivity index (χ1n) is 5.88. The fraction of sp³-hybridized carbons (Fsp3) is 0.286. The van der Waals surface area contributed by atoms with Crippen molar-refractivity contribution in [3.8, 4) is 0 Å². The summed E-state index contributed by atoms with van der Waals surface area (Å²) in [6.07, 6.45) is 3.63. The zero-order valence-electron chi connectivity index (χ0n) is 11.0. The van der Waals surface area contributed by atoms with Crippen LogP contribution in [-0.2, 0) is 14.3 Å². The van der Waals surface area contributed by atoms with Crippen molar-refractivity contribution in [3.05, 3.63) is 35.4 Å². The molecule has 2 N–H and O–H groups in total. The minimum atomic E-state index is -0.473. The molecule has 1 rings (SSSR count). The van der Waals surface area contributed by atoms with E-state index < -0.39 is 5.97 Å². The summed E-state index contributed by atoms with van der Waals surface area (Å²) in [5, 5.41) is 0. The predicted octanol–water partition coefficient (Wildman–Crippen LogP) is 2.02. The molecule has 0 atom stereocenters. The number of ether oxygens (including phenoxy) is 2. The molecule has 0 saturated carbocycles. The van der Waals surface area contributed by atoms with Crippen LogP contribution < -0.4 is 5.73 Å². The normalized spacial score (nSPS) is 10.4. The van der Waals surface area contributed by atoms with E-state index in [1.807, 2.05) is 0 Å². The second-order valence-electron chi connectivity index (χ2n) is 3.75. The lowest BCUT2D eigenvalue weighted by atomic mass is 10.1. The Balaban J connectivity index is 2.71. The Kier molecular flexibility index (Phi) is 5.60. The van der Waals surface area contributed by atoms with Crippen LogP contribution in [0.25, 0.3) is 6.08 Å². The molecule has 0 radical (unpaired) electrons. The molecule has 5 heteroatoms. The number of benzene rings is 1. The van der Waals surface area contributed by atoms with Gasteiger partial charge in [-0.3, -0.25) is 4.79 Å². The van der Waals surface area contributed by atoms with E-state index in [0.29, 0.717) is 17.9 Å². The summed E-state index contributed by atoms with van der Waals surface area (Å²) in [5.41, 5.74) is 7.21. The first kappa shape index (κ1) is 14.8. The van der Waals surface area contributed by atoms with Gasteiger partial charge in [0.05, 0.1) is 25.7 Å². The predicted molar refractivity (Wildman–Crippen MR) is 72.5 cm³/mol. The zero-order chi connectivity index (χ0) is 14.3. The van der Waals surface area contributed by atoms with Crippen molar-refractivity contribution >= 4 is 23.7 Å². The summed E-state index contributed by atoms with van der Waals surface area (Å²) < 4.78 is 9.39. The maximum Gasteiger partial charge on any atom is 0.339 e. The molecule has 0 spiro atoms. The highest BCUT2D eigenvalue weighted by Gasteiger charge is 2.09. The van der Waals surface area contributed by atoms with Gasteiger partial charge in [0.15, 0.2) is 0 Å². The number of nitrogen functional groups attached to an aromatic ring is 1. The minimum Gasteiger partial charge on any atom is -0.466 e. The van der Waals surface area contributed by atoms with Crippen molar-refractivity contribution < 1.29 is 19.1 Å². The molecular weight excluding hydrogens is 246 g/mol. The highest BCUT2D eigenvalue weighted by atomic mass is 16.5. The van der Waals surface area contributed by atoms with Crippen molar-refractivity contribution in [2.24, 2.45) is 0 Å². The molecule has 0 amide bonds. The van der Waals surface area contributed by atoms with Crippen LogP contribution in [0.2, 0.25) is 0 Å². The van der Waals surface area contributed by atoms with E-state index in [2.05, 4.69) is 4.74 Å². The van der Waals surface area contributed by atoms with Gasteiger partial charge < -0.3 is 15.2 Å². The number of nitrogens with two attached hydrogens (primary N) is 1. The Morgan fingerprint density at radius 1 is 1.37 bits per heavy atom. The van der Waals surface area contributed by atoms with Crippen molar-refractivity contribution in [2.45, 2.75) is 13.3 Å². The summed E-state index contributed by atoms with van der Waals surface area (Å²) in [5.74, 6) is -0.752. The summed E-state index contributed by atoms with van der Waals surface area (Å²) in [6, 6.07) is 4.96. The summed E-state index contributed by atoms with van der Waals surface area (Å²) >= 11 is 0. The fourth-order valence-electron chi connectivity index (χ4n) is 1.49. The van der Waals surface area contributed by atoms with Gasteiger partial charge in [0.25, 0.3) is 0 Å². The molecule has 0 saturated heterocycles. The van der Waals surface area contributed by atoms with Crippen molar-refractivity contribution in [1.82, 2.24) is 0 Å². The Bertz CT molecular complexity index is 494. The minimum absolute atomic E-state index is 0.201. The van der Waals surface area contributed by atoms with Crippen LogP contribution in [0.1, 0.15) is 29.3 Å². The first-order valence-corrected chi connectivity index (χ1v) is 5.88. The number of esters is 2. The SMILES string of the molecule is CCOC(=O)CC=Cc1ccc(C(=O)OC)c(N)c1. The number of rotatable bonds is 5. The van der Waals surface area contributed by atoms with Gasteiger partial charge >= 0.3 is 11.9 Å². The lowest BCUT2D eigenvalue weighted by Crippen LogP contribution is -2.05. The molecule has 102 valence electrons. The third-order valence-electron chi connectivity index (χ3n) is 2.38. The van der Waals surface area contributed by atoms with Crippen LogP contribution in [-0.4, -0.2) is 25.7 Å². The van der Waals surface area contributed by atoms with Gasteiger partial charge in [-0.2, -0.15) is 0 Å². The molecule has 0 fully saturated rings. The van der Waals surface area contributed by atoms with Crippen molar-refractivity contribution in [2.75, 3.05) is 19.5 Å². The first-order chi connectivity index (χ1) is 9.08. The van der Waals surface area contributed by atoms with Gasteiger partial charge in [0, 0.05) is 5.69 Å². The lowest BCUT2D eigenvalue weighted by Gasteiger charge is -2.04. The lowest BCUT2D eigenvalue weighted by molar-refractivity contribution is -0.142. The summed E-state index contributed by atoms with van der Waals surface area (Å²) in [4.78, 5) is 22.5. The second-order valence-corrected chi connectivity index (χ2v) is 3.75. The van der Waals surface area contributed by atoms with Crippen LogP contribution in [0, 0.1) is 0 Å². The molecule has 0 aliphatic heterocycles. The Morgan fingerprint density at radius 3 is 2.68 bits per heavy atom. The van der Waals surface area contributed by atoms with E-state index in [1.165, 1.54) is 7.11 Å². The molecular formula is C14H17NO4. The highest BCUT2D eigenvalue weighted by molar-refractivity contribution is 5.95. The quantitative estimate of drug-likeness (QED) is 0.649. The number of anilines is 1. The number of carbonyl (C=O) groups is 2. The smallest absolute Gasteiger partial charge is 0.339 e. The summed E-state index contributed by atoms with van der Waals surface area (Å²) in [6.45, 7) is 2.13. The fourth-order valence-corrected chi connectivity index (χ4v) is 1.49. The van der Waals surface area contributed by atoms with Crippen molar-refractivity contribution in [1.29, 1.82) is 0 Å². The van der Waals surface area contributed by atoms with Gasteiger partial charge in [0.2, 0.25) is 0 Å². The highest BCUT2D eigenvalue weighted by Crippen LogP contribution is 2.16. The third kappa shape index (κ3) is 4.46. The van der Waals surface area contributed by atoms with Crippen LogP contribution in [0.5, 0.6) is 0 Å². The standard InChI is InChI=1S/C14H17NO4/c1-3-19-13(16)6-4-5-10-7-8-11(12(15)9-10)14(17)18-2/h4-5,7-9H,3,6,15H2,1-2H3. The van der Waals surface area contributed by atoms with Crippen molar-refractivity contribution in [3.63, 3.8) is 0 Å². The Morgan fingerprint density at radius 2 is 2.11 bits per heavy atom. The molecule has 19 heavy (non-hydrogen) atoms. The average molecular weight is 263 g/mol. The van der Waals surface area contributed by atoms with Gasteiger partial charge in [0.1, 0.15) is 0 Å². The van der Waals surface area contributed by atoms with E-state index in [4.69, 9.17) is 10.5 Å². The average Bonchev–Trinajstić information content (AvgIpc) is 2.38. The molecule has 1 aromatic rings. The molecule has 0 unspecified atom stereocenters. The summed E-state index contributed by atoms with van der Waals surface area (Å²) in [7, 11) is 1.30. The van der Waals surface area contributed by atoms with E-state index in [1.54, 1.807) is 37.3 Å². The number of hydrogen-bond acceptors (Lipinski definition) is 5. The molecule has 1 aromatic carbocycles. The molecule has 0 heterocycles. The van der Waals surface area contributed by atoms with Crippen LogP contribution in [0.15, 0.2) is 24.3 Å². The molecule has 0 aromatic heterocycles. The number of hydrogen-bond donors (Lipinski definition) is 1. The van der Waals surface area contributed by atoms with Gasteiger partial charge in [-0.25, -0.2) is 4.79 Å². The largest absolute Gasteiger partial charge is 0.466 e. The van der Waals surface area contributed by atoms with Gasteiger partial charge in [-0.1, -0.05) is 18.2 Å². The van der Waals surface area contributed by atoms with E-state index in [-0.39, 0.29) is 12.4 Å².